The van der Waals surface area contributed by atoms with Crippen molar-refractivity contribution in [1.82, 2.24) is 5.32 Å². The fourth-order valence-electron chi connectivity index (χ4n) is 2.38. The summed E-state index contributed by atoms with van der Waals surface area (Å²) in [5, 5.41) is 8.73. The SMILES string of the molecule is COC(=O)Nc1cccc(NC(=O)C2(C)CCCNC2)c1. The van der Waals surface area contributed by atoms with Gasteiger partial charge in [0.25, 0.3) is 0 Å². The van der Waals surface area contributed by atoms with Crippen molar-refractivity contribution in [2.45, 2.75) is 19.8 Å². The topological polar surface area (TPSA) is 79.5 Å². The Morgan fingerprint density at radius 2 is 2.00 bits per heavy atom. The average Bonchev–Trinajstić information content (AvgIpc) is 2.48. The molecule has 21 heavy (non-hydrogen) atoms. The van der Waals surface area contributed by atoms with Crippen LogP contribution in [0.1, 0.15) is 19.8 Å². The van der Waals surface area contributed by atoms with E-state index in [1.54, 1.807) is 24.3 Å². The monoisotopic (exact) mass is 291 g/mol. The summed E-state index contributed by atoms with van der Waals surface area (Å²) in [7, 11) is 1.30. The predicted octanol–water partition coefficient (Wildman–Crippen LogP) is 2.19. The van der Waals surface area contributed by atoms with E-state index in [-0.39, 0.29) is 5.91 Å². The number of carbonyl (C=O) groups excluding carboxylic acids is 2. The minimum atomic E-state index is -0.540. The number of amides is 2. The van der Waals surface area contributed by atoms with Gasteiger partial charge in [0, 0.05) is 17.9 Å². The van der Waals surface area contributed by atoms with Gasteiger partial charge in [0.1, 0.15) is 0 Å². The van der Waals surface area contributed by atoms with Gasteiger partial charge in [0.05, 0.1) is 12.5 Å². The Hall–Kier alpha value is -2.08. The second-order valence-corrected chi connectivity index (χ2v) is 5.49. The highest BCUT2D eigenvalue weighted by Crippen LogP contribution is 2.27. The van der Waals surface area contributed by atoms with Crippen LogP contribution >= 0.6 is 0 Å². The van der Waals surface area contributed by atoms with Crippen molar-refractivity contribution in [3.63, 3.8) is 0 Å². The molecule has 1 heterocycles. The molecule has 1 aromatic rings. The number of methoxy groups -OCH3 is 1. The predicted molar refractivity (Wildman–Crippen MR) is 81.3 cm³/mol. The number of anilines is 2. The molecule has 6 heteroatoms. The maximum Gasteiger partial charge on any atom is 0.411 e. The molecule has 1 aromatic carbocycles. The zero-order chi connectivity index (χ0) is 15.3. The van der Waals surface area contributed by atoms with Crippen LogP contribution in [0.4, 0.5) is 16.2 Å². The normalized spacial score (nSPS) is 21.4. The average molecular weight is 291 g/mol. The number of piperidine rings is 1. The van der Waals surface area contributed by atoms with Gasteiger partial charge in [0.2, 0.25) is 5.91 Å². The number of hydrogen-bond acceptors (Lipinski definition) is 4. The van der Waals surface area contributed by atoms with Crippen LogP contribution in [0.3, 0.4) is 0 Å². The lowest BCUT2D eigenvalue weighted by atomic mass is 9.82. The van der Waals surface area contributed by atoms with Crippen LogP contribution in [0.25, 0.3) is 0 Å². The Bertz CT molecular complexity index is 525. The van der Waals surface area contributed by atoms with Crippen molar-refractivity contribution in [1.29, 1.82) is 0 Å². The second-order valence-electron chi connectivity index (χ2n) is 5.49. The summed E-state index contributed by atoms with van der Waals surface area (Å²) < 4.78 is 4.54. The number of nitrogens with one attached hydrogen (secondary N) is 3. The lowest BCUT2D eigenvalue weighted by molar-refractivity contribution is -0.125. The molecule has 1 unspecified atom stereocenters. The van der Waals surface area contributed by atoms with Gasteiger partial charge < -0.3 is 15.4 Å². The smallest absolute Gasteiger partial charge is 0.411 e. The van der Waals surface area contributed by atoms with Gasteiger partial charge in [-0.25, -0.2) is 4.79 Å². The van der Waals surface area contributed by atoms with E-state index in [4.69, 9.17) is 0 Å². The van der Waals surface area contributed by atoms with Crippen molar-refractivity contribution in [2.24, 2.45) is 5.41 Å². The van der Waals surface area contributed by atoms with E-state index >= 15 is 0 Å². The molecule has 2 rings (SSSR count). The van der Waals surface area contributed by atoms with Crippen molar-refractivity contribution >= 4 is 23.4 Å². The van der Waals surface area contributed by atoms with E-state index in [9.17, 15) is 9.59 Å². The third-order valence-corrected chi connectivity index (χ3v) is 3.70. The quantitative estimate of drug-likeness (QED) is 0.797. The van der Waals surface area contributed by atoms with E-state index in [1.165, 1.54) is 7.11 Å². The van der Waals surface area contributed by atoms with Gasteiger partial charge in [-0.3, -0.25) is 10.1 Å². The summed E-state index contributed by atoms with van der Waals surface area (Å²) in [6.45, 7) is 3.60. The van der Waals surface area contributed by atoms with Gasteiger partial charge in [-0.1, -0.05) is 6.07 Å². The molecule has 0 aliphatic carbocycles. The van der Waals surface area contributed by atoms with Gasteiger partial charge in [-0.15, -0.1) is 0 Å². The van der Waals surface area contributed by atoms with Crippen molar-refractivity contribution in [2.75, 3.05) is 30.8 Å². The van der Waals surface area contributed by atoms with Crippen LogP contribution in [-0.2, 0) is 9.53 Å². The van der Waals surface area contributed by atoms with Crippen LogP contribution in [0.5, 0.6) is 0 Å². The molecular weight excluding hydrogens is 270 g/mol. The molecule has 6 nitrogen and oxygen atoms in total. The Balaban J connectivity index is 2.03. The lowest BCUT2D eigenvalue weighted by Crippen LogP contribution is -2.46. The molecule has 0 bridgehead atoms. The first kappa shape index (κ1) is 15.3. The number of rotatable bonds is 3. The first-order chi connectivity index (χ1) is 10.0. The lowest BCUT2D eigenvalue weighted by Gasteiger charge is -2.32. The first-order valence-corrected chi connectivity index (χ1v) is 7.01. The number of carbonyl (C=O) groups is 2. The van der Waals surface area contributed by atoms with E-state index < -0.39 is 11.5 Å². The summed E-state index contributed by atoms with van der Waals surface area (Å²) in [6, 6.07) is 6.99. The summed E-state index contributed by atoms with van der Waals surface area (Å²) in [5.74, 6) is -0.00934. The van der Waals surface area contributed by atoms with Gasteiger partial charge in [-0.2, -0.15) is 0 Å². The molecule has 1 atom stereocenters. The summed E-state index contributed by atoms with van der Waals surface area (Å²) in [5.41, 5.74) is 0.830. The first-order valence-electron chi connectivity index (χ1n) is 7.01. The molecule has 2 amide bonds. The van der Waals surface area contributed by atoms with Crippen LogP contribution in [0, 0.1) is 5.41 Å². The van der Waals surface area contributed by atoms with Crippen LogP contribution in [0.2, 0.25) is 0 Å². The Morgan fingerprint density at radius 1 is 1.29 bits per heavy atom. The largest absolute Gasteiger partial charge is 0.453 e. The summed E-state index contributed by atoms with van der Waals surface area (Å²) in [4.78, 5) is 23.6. The molecule has 114 valence electrons. The second kappa shape index (κ2) is 6.58. The number of hydrogen-bond donors (Lipinski definition) is 3. The summed E-state index contributed by atoms with van der Waals surface area (Å²) in [6.07, 6.45) is 1.32. The van der Waals surface area contributed by atoms with Crippen molar-refractivity contribution in [3.8, 4) is 0 Å². The highest BCUT2D eigenvalue weighted by Gasteiger charge is 2.34. The molecule has 0 aromatic heterocycles. The Labute approximate surface area is 124 Å². The van der Waals surface area contributed by atoms with E-state index in [2.05, 4.69) is 20.7 Å². The standard InChI is InChI=1S/C15H21N3O3/c1-15(7-4-8-16-10-15)13(19)17-11-5-3-6-12(9-11)18-14(20)21-2/h3,5-6,9,16H,4,7-8,10H2,1-2H3,(H,17,19)(H,18,20). The van der Waals surface area contributed by atoms with Crippen LogP contribution in [0.15, 0.2) is 24.3 Å². The number of benzene rings is 1. The zero-order valence-corrected chi connectivity index (χ0v) is 12.4. The molecule has 1 saturated heterocycles. The molecule has 1 fully saturated rings. The van der Waals surface area contributed by atoms with Crippen LogP contribution in [-0.4, -0.2) is 32.2 Å². The molecule has 0 spiro atoms. The van der Waals surface area contributed by atoms with Gasteiger partial charge in [-0.05, 0) is 44.5 Å². The van der Waals surface area contributed by atoms with Crippen LogP contribution < -0.4 is 16.0 Å². The molecule has 0 saturated carbocycles. The van der Waals surface area contributed by atoms with Gasteiger partial charge >= 0.3 is 6.09 Å². The summed E-state index contributed by atoms with van der Waals surface area (Å²) >= 11 is 0. The molecule has 0 radical (unpaired) electrons. The fourth-order valence-corrected chi connectivity index (χ4v) is 2.38. The highest BCUT2D eigenvalue weighted by atomic mass is 16.5. The van der Waals surface area contributed by atoms with Gasteiger partial charge in [0.15, 0.2) is 0 Å². The van der Waals surface area contributed by atoms with E-state index in [0.29, 0.717) is 17.9 Å². The third-order valence-electron chi connectivity index (χ3n) is 3.70. The maximum absolute atomic E-state index is 12.4. The fraction of sp³-hybridized carbons (Fsp3) is 0.467. The minimum Gasteiger partial charge on any atom is -0.453 e. The van der Waals surface area contributed by atoms with Crippen molar-refractivity contribution < 1.29 is 14.3 Å². The number of ether oxygens (including phenoxy) is 1. The minimum absolute atomic E-state index is 0.00934. The molecular formula is C15H21N3O3. The Kier molecular flexibility index (Phi) is 4.80. The molecule has 3 N–H and O–H groups in total. The van der Waals surface area contributed by atoms with E-state index in [1.807, 2.05) is 6.92 Å². The third kappa shape index (κ3) is 3.95. The molecule has 1 aliphatic heterocycles. The van der Waals surface area contributed by atoms with Crippen molar-refractivity contribution in [3.05, 3.63) is 24.3 Å². The maximum atomic E-state index is 12.4. The molecule has 1 aliphatic rings. The van der Waals surface area contributed by atoms with E-state index in [0.717, 1.165) is 19.4 Å². The zero-order valence-electron chi connectivity index (χ0n) is 12.4. The Morgan fingerprint density at radius 3 is 2.62 bits per heavy atom. The highest BCUT2D eigenvalue weighted by molar-refractivity contribution is 5.96.